The predicted octanol–water partition coefficient (Wildman–Crippen LogP) is 16.9. The molecule has 0 saturated heterocycles. The fourth-order valence-corrected chi connectivity index (χ4v) is 11.4. The Morgan fingerprint density at radius 2 is 0.814 bits per heavy atom. The first-order valence-corrected chi connectivity index (χ1v) is 23.8. The monoisotopic (exact) mass is 893 g/mol. The normalized spacial score (nSPS) is 12.2. The van der Waals surface area contributed by atoms with Gasteiger partial charge in [0.1, 0.15) is 0 Å². The Labute approximate surface area is 403 Å². The van der Waals surface area contributed by atoms with E-state index in [-0.39, 0.29) is 0 Å². The molecule has 0 bridgehead atoms. The zero-order valence-electron chi connectivity index (χ0n) is 38.2. The summed E-state index contributed by atoms with van der Waals surface area (Å²) in [6.45, 7) is 7.93. The molecule has 0 aliphatic rings. The maximum Gasteiger partial charge on any atom is 0.0710 e. The number of allylic oxidation sites excluding steroid dienone is 4. The highest BCUT2D eigenvalue weighted by atomic mass is 15.0. The van der Waals surface area contributed by atoms with Crippen LogP contribution in [0.15, 0.2) is 250 Å². The van der Waals surface area contributed by atoms with Gasteiger partial charge in [-0.25, -0.2) is 4.98 Å². The average Bonchev–Trinajstić information content (AvgIpc) is 4.15. The van der Waals surface area contributed by atoms with Crippen molar-refractivity contribution in [3.05, 3.63) is 255 Å². The Hall–Kier alpha value is -9.45. The lowest BCUT2D eigenvalue weighted by atomic mass is 10.1. The minimum Gasteiger partial charge on any atom is -0.309 e. The Balaban J connectivity index is 1.01. The van der Waals surface area contributed by atoms with Crippen LogP contribution in [-0.4, -0.2) is 23.3 Å². The lowest BCUT2D eigenvalue weighted by Gasteiger charge is -2.14. The molecule has 14 aromatic rings. The lowest BCUT2D eigenvalue weighted by molar-refractivity contribution is 1.14. The molecule has 0 amide bonds. The number of fused-ring (bicyclic) bond motifs is 14. The molecule has 0 unspecified atom stereocenters. The van der Waals surface area contributed by atoms with Gasteiger partial charge in [-0.15, -0.1) is 0 Å². The molecule has 0 aliphatic heterocycles. The van der Waals surface area contributed by atoms with Gasteiger partial charge in [0.05, 0.1) is 55.5 Å². The van der Waals surface area contributed by atoms with Crippen LogP contribution in [0.4, 0.5) is 0 Å². The summed E-state index contributed by atoms with van der Waals surface area (Å²) < 4.78 is 9.82. The Kier molecular flexibility index (Phi) is 8.82. The van der Waals surface area contributed by atoms with E-state index in [1.165, 1.54) is 65.2 Å². The summed E-state index contributed by atoms with van der Waals surface area (Å²) in [5.74, 6) is 0. The van der Waals surface area contributed by atoms with Gasteiger partial charge in [-0.05, 0) is 96.6 Å². The molecule has 5 heterocycles. The number of pyridine rings is 1. The summed E-state index contributed by atoms with van der Waals surface area (Å²) in [5, 5.41) is 9.78. The van der Waals surface area contributed by atoms with E-state index < -0.39 is 0 Å². The maximum absolute atomic E-state index is 5.09. The lowest BCUT2D eigenvalue weighted by Crippen LogP contribution is -1.99. The standard InChI is InChI=1S/C65H43N5/c1-3-19-42(4-2)54-30-18-31-55(66-54)43-20-16-23-45(40-43)67-58-34-14-10-28-52(58)63-60(67)38-37-51-49-27-9-13-33-57(49)70(65(51)63)47-25-17-24-46(41-47)68-59-35-15-11-29-53(59)62-61(68)39-36-50-48-26-8-12-32-56(48)69(64(50)62)44-21-6-5-7-22-44/h3-41H,1-2H2/b42-19+. The largest absolute Gasteiger partial charge is 0.309 e. The van der Waals surface area contributed by atoms with E-state index in [1.54, 1.807) is 6.08 Å². The quantitative estimate of drug-likeness (QED) is 0.140. The van der Waals surface area contributed by atoms with Crippen LogP contribution in [-0.2, 0) is 0 Å². The van der Waals surface area contributed by atoms with E-state index in [0.717, 1.165) is 67.3 Å². The molecule has 14 rings (SSSR count). The summed E-state index contributed by atoms with van der Waals surface area (Å²) in [6.07, 6.45) is 5.54. The van der Waals surface area contributed by atoms with Crippen LogP contribution in [0.1, 0.15) is 5.69 Å². The fourth-order valence-electron chi connectivity index (χ4n) is 11.4. The van der Waals surface area contributed by atoms with Gasteiger partial charge in [0, 0.05) is 71.4 Å². The third kappa shape index (κ3) is 5.76. The van der Waals surface area contributed by atoms with Crippen LogP contribution in [0, 0.1) is 0 Å². The third-order valence-corrected chi connectivity index (χ3v) is 14.3. The van der Waals surface area contributed by atoms with Crippen molar-refractivity contribution in [3.8, 4) is 34.0 Å². The molecular weight excluding hydrogens is 851 g/mol. The smallest absolute Gasteiger partial charge is 0.0710 e. The van der Waals surface area contributed by atoms with E-state index in [0.29, 0.717) is 0 Å². The number of nitrogens with zero attached hydrogens (tertiary/aromatic N) is 5. The summed E-state index contributed by atoms with van der Waals surface area (Å²) in [5.41, 5.74) is 17.5. The molecule has 0 spiro atoms. The second-order valence-corrected chi connectivity index (χ2v) is 18.0. The van der Waals surface area contributed by atoms with Gasteiger partial charge in [-0.2, -0.15) is 0 Å². The van der Waals surface area contributed by atoms with Crippen LogP contribution in [0.3, 0.4) is 0 Å². The zero-order valence-corrected chi connectivity index (χ0v) is 38.2. The van der Waals surface area contributed by atoms with Gasteiger partial charge in [-0.3, -0.25) is 0 Å². The van der Waals surface area contributed by atoms with E-state index in [4.69, 9.17) is 4.98 Å². The molecule has 0 saturated carbocycles. The first kappa shape index (κ1) is 39.7. The minimum atomic E-state index is 0.858. The van der Waals surface area contributed by atoms with Crippen molar-refractivity contribution in [2.24, 2.45) is 0 Å². The average molecular weight is 894 g/mol. The minimum absolute atomic E-state index is 0.858. The Morgan fingerprint density at radius 3 is 1.39 bits per heavy atom. The number of rotatable bonds is 8. The van der Waals surface area contributed by atoms with Crippen LogP contribution >= 0.6 is 0 Å². The van der Waals surface area contributed by atoms with E-state index in [9.17, 15) is 0 Å². The van der Waals surface area contributed by atoms with E-state index in [2.05, 4.69) is 244 Å². The van der Waals surface area contributed by atoms with Crippen molar-refractivity contribution >= 4 is 92.8 Å². The van der Waals surface area contributed by atoms with E-state index >= 15 is 0 Å². The molecule has 0 atom stereocenters. The third-order valence-electron chi connectivity index (χ3n) is 14.3. The molecule has 5 heteroatoms. The van der Waals surface area contributed by atoms with Gasteiger partial charge in [-0.1, -0.05) is 159 Å². The van der Waals surface area contributed by atoms with Crippen LogP contribution in [0.25, 0.3) is 127 Å². The highest BCUT2D eigenvalue weighted by Gasteiger charge is 2.24. The van der Waals surface area contributed by atoms with Crippen LogP contribution in [0.5, 0.6) is 0 Å². The molecule has 70 heavy (non-hydrogen) atoms. The van der Waals surface area contributed by atoms with Crippen molar-refractivity contribution < 1.29 is 0 Å². The Bertz CT molecular complexity index is 4510. The maximum atomic E-state index is 5.09. The van der Waals surface area contributed by atoms with Crippen molar-refractivity contribution in [1.29, 1.82) is 0 Å². The summed E-state index contributed by atoms with van der Waals surface area (Å²) >= 11 is 0. The zero-order chi connectivity index (χ0) is 46.5. The highest BCUT2D eigenvalue weighted by molar-refractivity contribution is 6.27. The first-order valence-electron chi connectivity index (χ1n) is 23.8. The molecule has 328 valence electrons. The molecule has 9 aromatic carbocycles. The molecular formula is C65H43N5. The van der Waals surface area contributed by atoms with Gasteiger partial charge in [0.25, 0.3) is 0 Å². The molecule has 0 radical (unpaired) electrons. The molecule has 0 aliphatic carbocycles. The SMILES string of the molecule is C=C/C=C(\C=C)c1cccc(-c2cccc(-n3c4ccccc4c4c3ccc3c5ccccc5n(-c5cccc(-n6c7ccccc7c7c6ccc6c8ccccc8n(-c8ccccc8)c67)c5)c34)c2)n1. The number of hydrogen-bond acceptors (Lipinski definition) is 1. The topological polar surface area (TPSA) is 32.6 Å². The van der Waals surface area contributed by atoms with Crippen molar-refractivity contribution in [3.63, 3.8) is 0 Å². The number of para-hydroxylation sites is 5. The van der Waals surface area contributed by atoms with E-state index in [1.807, 2.05) is 18.2 Å². The van der Waals surface area contributed by atoms with Gasteiger partial charge in [0.15, 0.2) is 0 Å². The second kappa shape index (κ2) is 15.6. The Morgan fingerprint density at radius 1 is 0.357 bits per heavy atom. The second-order valence-electron chi connectivity index (χ2n) is 18.0. The van der Waals surface area contributed by atoms with Gasteiger partial charge < -0.3 is 18.3 Å². The highest BCUT2D eigenvalue weighted by Crippen LogP contribution is 2.45. The van der Waals surface area contributed by atoms with Crippen LogP contribution < -0.4 is 0 Å². The summed E-state index contributed by atoms with van der Waals surface area (Å²) in [6, 6.07) is 79.4. The first-order chi connectivity index (χ1) is 34.7. The van der Waals surface area contributed by atoms with Gasteiger partial charge in [0.2, 0.25) is 0 Å². The predicted molar refractivity (Wildman–Crippen MR) is 295 cm³/mol. The molecule has 5 aromatic heterocycles. The fraction of sp³-hybridized carbons (Fsp3) is 0. The molecule has 0 fully saturated rings. The van der Waals surface area contributed by atoms with Crippen molar-refractivity contribution in [2.45, 2.75) is 0 Å². The molecule has 0 N–H and O–H groups in total. The number of aromatic nitrogens is 5. The molecule has 5 nitrogen and oxygen atoms in total. The number of hydrogen-bond donors (Lipinski definition) is 0. The summed E-state index contributed by atoms with van der Waals surface area (Å²) in [7, 11) is 0. The van der Waals surface area contributed by atoms with Crippen molar-refractivity contribution in [2.75, 3.05) is 0 Å². The van der Waals surface area contributed by atoms with Crippen LogP contribution in [0.2, 0.25) is 0 Å². The van der Waals surface area contributed by atoms with Gasteiger partial charge >= 0.3 is 0 Å². The number of benzene rings is 9. The van der Waals surface area contributed by atoms with Crippen molar-refractivity contribution in [1.82, 2.24) is 23.3 Å². The summed E-state index contributed by atoms with van der Waals surface area (Å²) in [4.78, 5) is 5.09.